The minimum absolute atomic E-state index is 0.0332. The molecule has 10 heteroatoms. The summed E-state index contributed by atoms with van der Waals surface area (Å²) in [6.45, 7) is 2.91. The molecular formula is C31H35Cl2N3O4S. The molecule has 1 saturated carbocycles. The van der Waals surface area contributed by atoms with Crippen LogP contribution in [0.1, 0.15) is 50.2 Å². The van der Waals surface area contributed by atoms with Crippen LogP contribution in [0.15, 0.2) is 77.7 Å². The molecule has 4 rings (SSSR count). The van der Waals surface area contributed by atoms with Crippen molar-refractivity contribution in [3.05, 3.63) is 94.0 Å². The molecule has 0 heterocycles. The van der Waals surface area contributed by atoms with Gasteiger partial charge in [-0.15, -0.1) is 0 Å². The Morgan fingerprint density at radius 2 is 1.61 bits per heavy atom. The lowest BCUT2D eigenvalue weighted by Crippen LogP contribution is -2.53. The fraction of sp³-hybridized carbons (Fsp3) is 0.355. The van der Waals surface area contributed by atoms with Crippen molar-refractivity contribution < 1.29 is 18.0 Å². The molecule has 0 bridgehead atoms. The van der Waals surface area contributed by atoms with Crippen molar-refractivity contribution in [3.63, 3.8) is 0 Å². The molecule has 218 valence electrons. The van der Waals surface area contributed by atoms with Crippen LogP contribution in [-0.4, -0.2) is 43.8 Å². The monoisotopic (exact) mass is 615 g/mol. The normalized spacial score (nSPS) is 14.7. The quantitative estimate of drug-likeness (QED) is 0.287. The van der Waals surface area contributed by atoms with E-state index in [1.807, 2.05) is 0 Å². The van der Waals surface area contributed by atoms with Crippen LogP contribution in [0.3, 0.4) is 0 Å². The summed E-state index contributed by atoms with van der Waals surface area (Å²) >= 11 is 12.7. The lowest BCUT2D eigenvalue weighted by molar-refractivity contribution is -0.139. The van der Waals surface area contributed by atoms with Crippen molar-refractivity contribution >= 4 is 50.7 Å². The number of aryl methyl sites for hydroxylation is 1. The molecule has 0 aromatic heterocycles. The number of nitrogens with zero attached hydrogens (tertiary/aromatic N) is 2. The fourth-order valence-corrected chi connectivity index (χ4v) is 6.90. The molecule has 7 nitrogen and oxygen atoms in total. The van der Waals surface area contributed by atoms with Crippen molar-refractivity contribution in [3.8, 4) is 0 Å². The Kier molecular flexibility index (Phi) is 10.3. The Morgan fingerprint density at radius 1 is 0.951 bits per heavy atom. The summed E-state index contributed by atoms with van der Waals surface area (Å²) in [4.78, 5) is 29.0. The van der Waals surface area contributed by atoms with Crippen LogP contribution in [0.2, 0.25) is 10.0 Å². The second-order valence-electron chi connectivity index (χ2n) is 10.4. The number of carbonyl (C=O) groups is 2. The van der Waals surface area contributed by atoms with Gasteiger partial charge in [-0.25, -0.2) is 8.42 Å². The second-order valence-corrected chi connectivity index (χ2v) is 13.1. The number of hydrogen-bond acceptors (Lipinski definition) is 4. The Morgan fingerprint density at radius 3 is 2.29 bits per heavy atom. The maximum absolute atomic E-state index is 14.1. The molecule has 41 heavy (non-hydrogen) atoms. The highest BCUT2D eigenvalue weighted by molar-refractivity contribution is 7.92. The Balaban J connectivity index is 1.71. The Bertz CT molecular complexity index is 1480. The number of rotatable bonds is 10. The van der Waals surface area contributed by atoms with E-state index in [2.05, 4.69) is 5.32 Å². The minimum Gasteiger partial charge on any atom is -0.352 e. The molecule has 2 amide bonds. The number of hydrogen-bond donors (Lipinski definition) is 1. The average molecular weight is 617 g/mol. The highest BCUT2D eigenvalue weighted by atomic mass is 35.5. The van der Waals surface area contributed by atoms with Crippen molar-refractivity contribution in [1.29, 1.82) is 0 Å². The summed E-state index contributed by atoms with van der Waals surface area (Å²) in [5.41, 5.74) is 1.56. The van der Waals surface area contributed by atoms with E-state index in [9.17, 15) is 18.0 Å². The zero-order valence-corrected chi connectivity index (χ0v) is 25.6. The van der Waals surface area contributed by atoms with E-state index in [4.69, 9.17) is 23.2 Å². The number of amides is 2. The molecule has 1 unspecified atom stereocenters. The first-order valence-electron chi connectivity index (χ1n) is 13.7. The number of benzene rings is 3. The first-order valence-corrected chi connectivity index (χ1v) is 15.9. The van der Waals surface area contributed by atoms with E-state index in [1.165, 1.54) is 23.1 Å². The van der Waals surface area contributed by atoms with E-state index < -0.39 is 28.5 Å². The van der Waals surface area contributed by atoms with Crippen LogP contribution in [0, 0.1) is 6.92 Å². The average Bonchev–Trinajstić information content (AvgIpc) is 2.97. The molecule has 1 fully saturated rings. The molecule has 0 aliphatic heterocycles. The predicted octanol–water partition coefficient (Wildman–Crippen LogP) is 6.36. The molecule has 0 radical (unpaired) electrons. The fourth-order valence-electron chi connectivity index (χ4n) is 5.05. The van der Waals surface area contributed by atoms with Crippen molar-refractivity contribution in [2.24, 2.45) is 0 Å². The number of nitrogens with one attached hydrogen (secondary N) is 1. The van der Waals surface area contributed by atoms with E-state index >= 15 is 0 Å². The lowest BCUT2D eigenvalue weighted by Gasteiger charge is -2.33. The molecule has 0 saturated heterocycles. The highest BCUT2D eigenvalue weighted by Crippen LogP contribution is 2.30. The van der Waals surface area contributed by atoms with Gasteiger partial charge in [-0.1, -0.05) is 84.9 Å². The maximum Gasteiger partial charge on any atom is 0.264 e. The van der Waals surface area contributed by atoms with E-state index in [-0.39, 0.29) is 29.1 Å². The van der Waals surface area contributed by atoms with Crippen LogP contribution in [-0.2, 0) is 26.2 Å². The summed E-state index contributed by atoms with van der Waals surface area (Å²) in [5, 5.41) is 3.88. The first-order chi connectivity index (χ1) is 19.6. The van der Waals surface area contributed by atoms with Gasteiger partial charge in [0.25, 0.3) is 10.0 Å². The van der Waals surface area contributed by atoms with Crippen LogP contribution in [0.4, 0.5) is 5.69 Å². The van der Waals surface area contributed by atoms with Crippen LogP contribution < -0.4 is 9.62 Å². The maximum atomic E-state index is 14.1. The molecule has 0 spiro atoms. The lowest BCUT2D eigenvalue weighted by atomic mass is 9.95. The van der Waals surface area contributed by atoms with E-state index in [1.54, 1.807) is 68.4 Å². The standard InChI is InChI=1S/C31H35Cl2N3O4S/c1-22-17-18-25(32)19-29(22)36(41(39,40)27-14-7-4-8-15-27)21-30(37)35(20-24-11-9-10-16-28(24)33)23(2)31(38)34-26-12-5-3-6-13-26/h4,7-11,14-19,23,26H,3,5-6,12-13,20-21H2,1-2H3,(H,34,38). The zero-order chi connectivity index (χ0) is 29.6. The molecule has 3 aromatic carbocycles. The van der Waals surface area contributed by atoms with Gasteiger partial charge in [-0.2, -0.15) is 0 Å². The molecule has 1 atom stereocenters. The van der Waals surface area contributed by atoms with Crippen molar-refractivity contribution in [1.82, 2.24) is 10.2 Å². The van der Waals surface area contributed by atoms with Gasteiger partial charge in [-0.3, -0.25) is 13.9 Å². The number of anilines is 1. The molecule has 3 aromatic rings. The van der Waals surface area contributed by atoms with Gasteiger partial charge < -0.3 is 10.2 Å². The van der Waals surface area contributed by atoms with Gasteiger partial charge >= 0.3 is 0 Å². The third-order valence-electron chi connectivity index (χ3n) is 7.47. The Hall–Kier alpha value is -3.07. The van der Waals surface area contributed by atoms with Crippen LogP contribution in [0.5, 0.6) is 0 Å². The second kappa shape index (κ2) is 13.7. The molecule has 1 aliphatic rings. The molecule has 1 aliphatic carbocycles. The summed E-state index contributed by atoms with van der Waals surface area (Å²) in [6, 6.07) is 19.1. The van der Waals surface area contributed by atoms with Crippen molar-refractivity contribution in [2.75, 3.05) is 10.8 Å². The third-order valence-corrected chi connectivity index (χ3v) is 9.85. The SMILES string of the molecule is Cc1ccc(Cl)cc1N(CC(=O)N(Cc1ccccc1Cl)C(C)C(=O)NC1CCCCC1)S(=O)(=O)c1ccccc1. The van der Waals surface area contributed by atoms with Gasteiger partial charge in [0, 0.05) is 22.6 Å². The third kappa shape index (κ3) is 7.61. The van der Waals surface area contributed by atoms with Gasteiger partial charge in [0.2, 0.25) is 11.8 Å². The first kappa shape index (κ1) is 30.9. The number of sulfonamides is 1. The van der Waals surface area contributed by atoms with Crippen molar-refractivity contribution in [2.45, 2.75) is 69.5 Å². The predicted molar refractivity (Wildman–Crippen MR) is 164 cm³/mol. The minimum atomic E-state index is -4.17. The van der Waals surface area contributed by atoms with E-state index in [0.717, 1.165) is 36.4 Å². The van der Waals surface area contributed by atoms with E-state index in [0.29, 0.717) is 21.2 Å². The largest absolute Gasteiger partial charge is 0.352 e. The summed E-state index contributed by atoms with van der Waals surface area (Å²) in [5.74, 6) is -0.830. The smallest absolute Gasteiger partial charge is 0.264 e. The zero-order valence-electron chi connectivity index (χ0n) is 23.2. The topological polar surface area (TPSA) is 86.8 Å². The van der Waals surface area contributed by atoms with Crippen LogP contribution in [0.25, 0.3) is 0 Å². The highest BCUT2D eigenvalue weighted by Gasteiger charge is 2.34. The van der Waals surface area contributed by atoms with Gasteiger partial charge in [0.1, 0.15) is 12.6 Å². The van der Waals surface area contributed by atoms with Gasteiger partial charge in [0.05, 0.1) is 10.6 Å². The summed E-state index contributed by atoms with van der Waals surface area (Å²) < 4.78 is 29.0. The van der Waals surface area contributed by atoms with Crippen LogP contribution >= 0.6 is 23.2 Å². The summed E-state index contributed by atoms with van der Waals surface area (Å²) in [7, 11) is -4.17. The Labute approximate surface area is 252 Å². The molecule has 1 N–H and O–H groups in total. The number of carbonyl (C=O) groups excluding carboxylic acids is 2. The van der Waals surface area contributed by atoms with Gasteiger partial charge in [-0.05, 0) is 68.1 Å². The van der Waals surface area contributed by atoms with Gasteiger partial charge in [0.15, 0.2) is 0 Å². The number of halogens is 2. The summed E-state index contributed by atoms with van der Waals surface area (Å²) in [6.07, 6.45) is 5.04. The molecular weight excluding hydrogens is 581 g/mol.